The summed E-state index contributed by atoms with van der Waals surface area (Å²) in [6.07, 6.45) is 4.11. The minimum atomic E-state index is 0.125. The number of hydrogen-bond acceptors (Lipinski definition) is 2. The van der Waals surface area contributed by atoms with Crippen molar-refractivity contribution in [1.82, 2.24) is 14.9 Å². The molecule has 0 saturated carbocycles. The number of amides is 1. The summed E-state index contributed by atoms with van der Waals surface area (Å²) in [4.78, 5) is 16.8. The lowest BCUT2D eigenvalue weighted by Crippen LogP contribution is -2.30. The number of nitrogens with zero attached hydrogens (tertiary/aromatic N) is 2. The highest BCUT2D eigenvalue weighted by Gasteiger charge is 2.16. The molecule has 1 N–H and O–H groups in total. The van der Waals surface area contributed by atoms with Gasteiger partial charge in [-0.2, -0.15) is 0 Å². The Balaban J connectivity index is 2.00. The summed E-state index contributed by atoms with van der Waals surface area (Å²) in [7, 11) is 1.99. The van der Waals surface area contributed by atoms with E-state index in [1.165, 1.54) is 0 Å². The van der Waals surface area contributed by atoms with E-state index in [1.54, 1.807) is 0 Å². The van der Waals surface area contributed by atoms with Crippen molar-refractivity contribution in [3.8, 4) is 0 Å². The molecule has 1 atom stereocenters. The van der Waals surface area contributed by atoms with Crippen LogP contribution in [0, 0.1) is 5.92 Å². The van der Waals surface area contributed by atoms with Crippen LogP contribution in [0.5, 0.6) is 0 Å². The van der Waals surface area contributed by atoms with Crippen LogP contribution in [0.25, 0.3) is 11.0 Å². The minimum absolute atomic E-state index is 0.125. The molecular formula is C17H25N3O. The van der Waals surface area contributed by atoms with Crippen molar-refractivity contribution in [3.63, 3.8) is 0 Å². The van der Waals surface area contributed by atoms with Crippen LogP contribution in [0.15, 0.2) is 24.3 Å². The highest BCUT2D eigenvalue weighted by atomic mass is 16.1. The van der Waals surface area contributed by atoms with Crippen LogP contribution < -0.4 is 5.32 Å². The van der Waals surface area contributed by atoms with Crippen LogP contribution in [0.1, 0.15) is 45.4 Å². The van der Waals surface area contributed by atoms with Crippen molar-refractivity contribution in [1.29, 1.82) is 0 Å². The number of rotatable bonds is 7. The van der Waals surface area contributed by atoms with Gasteiger partial charge in [-0.1, -0.05) is 38.8 Å². The summed E-state index contributed by atoms with van der Waals surface area (Å²) in [5.41, 5.74) is 2.07. The highest BCUT2D eigenvalue weighted by Crippen LogP contribution is 2.15. The zero-order valence-corrected chi connectivity index (χ0v) is 13.2. The number of aromatic nitrogens is 2. The number of hydrogen-bond donors (Lipinski definition) is 1. The lowest BCUT2D eigenvalue weighted by atomic mass is 9.98. The van der Waals surface area contributed by atoms with Crippen LogP contribution in [0.2, 0.25) is 0 Å². The number of benzene rings is 1. The molecule has 1 aromatic heterocycles. The molecule has 0 radical (unpaired) electrons. The number of nitrogens with one attached hydrogen (secondary N) is 1. The van der Waals surface area contributed by atoms with Crippen LogP contribution in [0.4, 0.5) is 0 Å². The largest absolute Gasteiger partial charge is 0.349 e. The first-order valence-electron chi connectivity index (χ1n) is 7.85. The molecule has 0 saturated heterocycles. The molecule has 0 fully saturated rings. The van der Waals surface area contributed by atoms with E-state index >= 15 is 0 Å². The molecule has 1 aromatic carbocycles. The van der Waals surface area contributed by atoms with E-state index in [-0.39, 0.29) is 11.8 Å². The molecule has 114 valence electrons. The molecule has 4 nitrogen and oxygen atoms in total. The standard InChI is InChI=1S/C17H25N3O/c1-4-6-9-13(5-2)17(21)18-12-16-19-14-10-7-8-11-15(14)20(16)3/h7-8,10-11,13H,4-6,9,12H2,1-3H3,(H,18,21). The Morgan fingerprint density at radius 3 is 2.76 bits per heavy atom. The number of carbonyl (C=O) groups excluding carboxylic acids is 1. The molecule has 4 heteroatoms. The first-order valence-corrected chi connectivity index (χ1v) is 7.85. The smallest absolute Gasteiger partial charge is 0.223 e. The predicted molar refractivity (Wildman–Crippen MR) is 85.9 cm³/mol. The van der Waals surface area contributed by atoms with Crippen LogP contribution in [-0.4, -0.2) is 15.5 Å². The van der Waals surface area contributed by atoms with Crippen molar-refractivity contribution >= 4 is 16.9 Å². The normalized spacial score (nSPS) is 12.5. The van der Waals surface area contributed by atoms with Gasteiger partial charge in [-0.3, -0.25) is 4.79 Å². The van der Waals surface area contributed by atoms with Gasteiger partial charge in [-0.15, -0.1) is 0 Å². The molecule has 0 spiro atoms. The third-order valence-corrected chi connectivity index (χ3v) is 4.07. The fourth-order valence-corrected chi connectivity index (χ4v) is 2.64. The fourth-order valence-electron chi connectivity index (χ4n) is 2.64. The summed E-state index contributed by atoms with van der Waals surface area (Å²) in [6, 6.07) is 8.03. The summed E-state index contributed by atoms with van der Waals surface area (Å²) in [6.45, 7) is 4.73. The molecule has 1 unspecified atom stereocenters. The molecule has 21 heavy (non-hydrogen) atoms. The topological polar surface area (TPSA) is 46.9 Å². The Morgan fingerprint density at radius 2 is 2.10 bits per heavy atom. The van der Waals surface area contributed by atoms with Crippen molar-refractivity contribution < 1.29 is 4.79 Å². The zero-order chi connectivity index (χ0) is 15.2. The molecule has 0 bridgehead atoms. The third kappa shape index (κ3) is 3.63. The van der Waals surface area contributed by atoms with Gasteiger partial charge in [0.25, 0.3) is 0 Å². The average Bonchev–Trinajstić information content (AvgIpc) is 2.83. The van der Waals surface area contributed by atoms with Crippen LogP contribution in [0.3, 0.4) is 0 Å². The Morgan fingerprint density at radius 1 is 1.33 bits per heavy atom. The molecule has 2 rings (SSSR count). The van der Waals surface area contributed by atoms with Gasteiger partial charge in [-0.05, 0) is 25.0 Å². The van der Waals surface area contributed by atoms with E-state index in [1.807, 2.05) is 35.9 Å². The zero-order valence-electron chi connectivity index (χ0n) is 13.2. The minimum Gasteiger partial charge on any atom is -0.349 e. The van der Waals surface area contributed by atoms with Gasteiger partial charge in [0.05, 0.1) is 17.6 Å². The summed E-state index contributed by atoms with van der Waals surface area (Å²) in [5, 5.41) is 3.04. The number of unbranched alkanes of at least 4 members (excludes halogenated alkanes) is 1. The molecule has 0 aliphatic rings. The van der Waals surface area contributed by atoms with Gasteiger partial charge in [0.1, 0.15) is 5.82 Å². The van der Waals surface area contributed by atoms with E-state index < -0.39 is 0 Å². The van der Waals surface area contributed by atoms with Crippen molar-refractivity contribution in [3.05, 3.63) is 30.1 Å². The number of aryl methyl sites for hydroxylation is 1. The molecule has 1 amide bonds. The lowest BCUT2D eigenvalue weighted by molar-refractivity contribution is -0.125. The Hall–Kier alpha value is -1.84. The van der Waals surface area contributed by atoms with Gasteiger partial charge in [0.2, 0.25) is 5.91 Å². The maximum Gasteiger partial charge on any atom is 0.223 e. The van der Waals surface area contributed by atoms with E-state index in [2.05, 4.69) is 24.1 Å². The van der Waals surface area contributed by atoms with Crippen molar-refractivity contribution in [2.24, 2.45) is 13.0 Å². The predicted octanol–water partition coefficient (Wildman–Crippen LogP) is 3.41. The average molecular weight is 287 g/mol. The SMILES string of the molecule is CCCCC(CC)C(=O)NCc1nc2ccccc2n1C. The summed E-state index contributed by atoms with van der Waals surface area (Å²) >= 11 is 0. The number of imidazole rings is 1. The first kappa shape index (κ1) is 15.5. The lowest BCUT2D eigenvalue weighted by Gasteiger charge is -2.14. The Labute approximate surface area is 126 Å². The fraction of sp³-hybridized carbons (Fsp3) is 0.529. The van der Waals surface area contributed by atoms with Gasteiger partial charge in [0.15, 0.2) is 0 Å². The summed E-state index contributed by atoms with van der Waals surface area (Å²) in [5.74, 6) is 1.17. The quantitative estimate of drug-likeness (QED) is 0.848. The summed E-state index contributed by atoms with van der Waals surface area (Å²) < 4.78 is 2.04. The first-order chi connectivity index (χ1) is 10.2. The molecule has 0 aliphatic carbocycles. The molecular weight excluding hydrogens is 262 g/mol. The van der Waals surface area contributed by atoms with E-state index in [0.717, 1.165) is 42.5 Å². The van der Waals surface area contributed by atoms with Crippen LogP contribution >= 0.6 is 0 Å². The van der Waals surface area contributed by atoms with Crippen molar-refractivity contribution in [2.45, 2.75) is 46.1 Å². The molecule has 2 aromatic rings. The molecule has 1 heterocycles. The molecule has 0 aliphatic heterocycles. The number of fused-ring (bicyclic) bond motifs is 1. The van der Waals surface area contributed by atoms with Gasteiger partial charge < -0.3 is 9.88 Å². The maximum atomic E-state index is 12.2. The van der Waals surface area contributed by atoms with Gasteiger partial charge >= 0.3 is 0 Å². The third-order valence-electron chi connectivity index (χ3n) is 4.07. The monoisotopic (exact) mass is 287 g/mol. The number of carbonyl (C=O) groups is 1. The van der Waals surface area contributed by atoms with Crippen LogP contribution in [-0.2, 0) is 18.4 Å². The van der Waals surface area contributed by atoms with Gasteiger partial charge in [0, 0.05) is 13.0 Å². The Kier molecular flexibility index (Phi) is 5.37. The number of para-hydroxylation sites is 2. The second-order valence-electron chi connectivity index (χ2n) is 5.54. The highest BCUT2D eigenvalue weighted by molar-refractivity contribution is 5.79. The second-order valence-corrected chi connectivity index (χ2v) is 5.54. The van der Waals surface area contributed by atoms with E-state index in [0.29, 0.717) is 6.54 Å². The van der Waals surface area contributed by atoms with E-state index in [4.69, 9.17) is 0 Å². The van der Waals surface area contributed by atoms with E-state index in [9.17, 15) is 4.79 Å². The second kappa shape index (κ2) is 7.25. The van der Waals surface area contributed by atoms with Crippen molar-refractivity contribution in [2.75, 3.05) is 0 Å². The van der Waals surface area contributed by atoms with Gasteiger partial charge in [-0.25, -0.2) is 4.98 Å². The maximum absolute atomic E-state index is 12.2. The Bertz CT molecular complexity index is 603.